The second-order valence-corrected chi connectivity index (χ2v) is 4.90. The lowest BCUT2D eigenvalue weighted by Gasteiger charge is -2.03. The molecule has 3 rings (SSSR count). The van der Waals surface area contributed by atoms with Gasteiger partial charge in [0.25, 0.3) is 5.91 Å². The van der Waals surface area contributed by atoms with Crippen LogP contribution in [0.1, 0.15) is 5.56 Å². The molecule has 1 amide bonds. The fourth-order valence-electron chi connectivity index (χ4n) is 1.95. The predicted molar refractivity (Wildman–Crippen MR) is 84.6 cm³/mol. The van der Waals surface area contributed by atoms with Crippen LogP contribution in [0.15, 0.2) is 60.9 Å². The molecule has 0 radical (unpaired) electrons. The van der Waals surface area contributed by atoms with Gasteiger partial charge in [0.1, 0.15) is 6.33 Å². The number of hydrogen-bond acceptors (Lipinski definition) is 2. The highest BCUT2D eigenvalue weighted by Gasteiger charge is 2.02. The molecule has 0 spiro atoms. The maximum absolute atomic E-state index is 11.9. The molecule has 104 valence electrons. The van der Waals surface area contributed by atoms with Crippen LogP contribution < -0.4 is 5.43 Å². The number of benzene rings is 2. The second kappa shape index (κ2) is 5.81. The molecule has 0 saturated heterocycles. The topological polar surface area (TPSA) is 46.9 Å². The van der Waals surface area contributed by atoms with Crippen molar-refractivity contribution >= 4 is 34.6 Å². The zero-order valence-electron chi connectivity index (χ0n) is 11.0. The highest BCUT2D eigenvalue weighted by Crippen LogP contribution is 2.11. The summed E-state index contributed by atoms with van der Waals surface area (Å²) < 4.78 is 1.60. The van der Waals surface area contributed by atoms with Crippen molar-refractivity contribution in [1.29, 1.82) is 0 Å². The van der Waals surface area contributed by atoms with Crippen molar-refractivity contribution in [2.45, 2.75) is 0 Å². The predicted octanol–water partition coefficient (Wildman–Crippen LogP) is 3.47. The van der Waals surface area contributed by atoms with Gasteiger partial charge in [-0.3, -0.25) is 10.2 Å². The molecule has 3 aromatic rings. The van der Waals surface area contributed by atoms with Crippen LogP contribution in [0.5, 0.6) is 0 Å². The number of amides is 1. The Morgan fingerprint density at radius 3 is 2.71 bits per heavy atom. The number of nitrogens with one attached hydrogen (secondary N) is 1. The average molecular weight is 298 g/mol. The zero-order chi connectivity index (χ0) is 14.7. The van der Waals surface area contributed by atoms with E-state index in [1.54, 1.807) is 29.2 Å². The van der Waals surface area contributed by atoms with E-state index < -0.39 is 0 Å². The Hall–Kier alpha value is -2.59. The summed E-state index contributed by atoms with van der Waals surface area (Å²) in [6, 6.07) is 14.8. The van der Waals surface area contributed by atoms with Gasteiger partial charge in [-0.1, -0.05) is 35.9 Å². The van der Waals surface area contributed by atoms with Gasteiger partial charge in [-0.05, 0) is 35.9 Å². The number of nitrogens with zero attached hydrogens (tertiary/aromatic N) is 2. The van der Waals surface area contributed by atoms with Crippen LogP contribution in [0.25, 0.3) is 17.1 Å². The van der Waals surface area contributed by atoms with Crippen molar-refractivity contribution in [1.82, 2.24) is 9.66 Å². The first-order chi connectivity index (χ1) is 10.2. The third kappa shape index (κ3) is 3.12. The lowest BCUT2D eigenvalue weighted by Crippen LogP contribution is -2.19. The molecule has 0 fully saturated rings. The minimum absolute atomic E-state index is 0.229. The highest BCUT2D eigenvalue weighted by molar-refractivity contribution is 6.30. The largest absolute Gasteiger partial charge is 0.268 e. The molecule has 0 bridgehead atoms. The van der Waals surface area contributed by atoms with Crippen molar-refractivity contribution in [2.24, 2.45) is 0 Å². The molecule has 1 aromatic heterocycles. The van der Waals surface area contributed by atoms with Gasteiger partial charge in [-0.2, -0.15) is 0 Å². The normalized spacial score (nSPS) is 11.1. The Morgan fingerprint density at radius 2 is 1.90 bits per heavy atom. The third-order valence-electron chi connectivity index (χ3n) is 2.98. The molecule has 2 aromatic carbocycles. The zero-order valence-corrected chi connectivity index (χ0v) is 11.8. The lowest BCUT2D eigenvalue weighted by atomic mass is 10.2. The molecule has 5 heteroatoms. The third-order valence-corrected chi connectivity index (χ3v) is 3.23. The van der Waals surface area contributed by atoms with Crippen molar-refractivity contribution in [3.8, 4) is 0 Å². The molecule has 0 aliphatic heterocycles. The first kappa shape index (κ1) is 13.4. The summed E-state index contributed by atoms with van der Waals surface area (Å²) in [5, 5.41) is 0.668. The van der Waals surface area contributed by atoms with Gasteiger partial charge in [0, 0.05) is 11.1 Å². The summed E-state index contributed by atoms with van der Waals surface area (Å²) in [6.45, 7) is 0. The number of carbonyl (C=O) groups excluding carboxylic acids is 1. The molecule has 0 aliphatic rings. The van der Waals surface area contributed by atoms with Crippen LogP contribution in [0.2, 0.25) is 5.02 Å². The summed E-state index contributed by atoms with van der Waals surface area (Å²) in [5.74, 6) is -0.229. The first-order valence-electron chi connectivity index (χ1n) is 6.39. The van der Waals surface area contributed by atoms with Gasteiger partial charge < -0.3 is 0 Å². The average Bonchev–Trinajstić information content (AvgIpc) is 2.90. The van der Waals surface area contributed by atoms with Crippen LogP contribution >= 0.6 is 11.6 Å². The highest BCUT2D eigenvalue weighted by atomic mass is 35.5. The maximum Gasteiger partial charge on any atom is 0.262 e. The number of fused-ring (bicyclic) bond motifs is 1. The van der Waals surface area contributed by atoms with E-state index in [4.69, 9.17) is 11.6 Å². The number of halogens is 1. The van der Waals surface area contributed by atoms with Gasteiger partial charge >= 0.3 is 0 Å². The van der Waals surface area contributed by atoms with E-state index >= 15 is 0 Å². The van der Waals surface area contributed by atoms with Crippen molar-refractivity contribution < 1.29 is 4.79 Å². The summed E-state index contributed by atoms with van der Waals surface area (Å²) in [6.07, 6.45) is 4.78. The van der Waals surface area contributed by atoms with Crippen LogP contribution in [-0.2, 0) is 4.79 Å². The van der Waals surface area contributed by atoms with Gasteiger partial charge in [0.05, 0.1) is 11.0 Å². The van der Waals surface area contributed by atoms with Crippen LogP contribution in [0.4, 0.5) is 0 Å². The molecular formula is C16H12ClN3O. The van der Waals surface area contributed by atoms with Gasteiger partial charge in [0.2, 0.25) is 0 Å². The molecular weight excluding hydrogens is 286 g/mol. The summed E-state index contributed by atoms with van der Waals surface area (Å²) >= 11 is 5.81. The fraction of sp³-hybridized carbons (Fsp3) is 0. The molecule has 21 heavy (non-hydrogen) atoms. The van der Waals surface area contributed by atoms with Crippen LogP contribution in [0.3, 0.4) is 0 Å². The fourth-order valence-corrected chi connectivity index (χ4v) is 2.08. The van der Waals surface area contributed by atoms with E-state index in [-0.39, 0.29) is 5.91 Å². The Morgan fingerprint density at radius 1 is 1.14 bits per heavy atom. The molecule has 0 atom stereocenters. The summed E-state index contributed by atoms with van der Waals surface area (Å²) in [5.41, 5.74) is 5.34. The van der Waals surface area contributed by atoms with E-state index in [9.17, 15) is 4.79 Å². The van der Waals surface area contributed by atoms with E-state index in [2.05, 4.69) is 10.4 Å². The molecule has 1 heterocycles. The maximum atomic E-state index is 11.9. The van der Waals surface area contributed by atoms with E-state index in [0.29, 0.717) is 5.02 Å². The van der Waals surface area contributed by atoms with Crippen LogP contribution in [-0.4, -0.2) is 15.6 Å². The lowest BCUT2D eigenvalue weighted by molar-refractivity contribution is -0.112. The van der Waals surface area contributed by atoms with E-state index in [1.807, 2.05) is 36.4 Å². The Balaban J connectivity index is 1.73. The standard InChI is InChI=1S/C16H12ClN3O/c17-13-8-5-12(6-9-13)7-10-16(21)19-20-11-18-14-3-1-2-4-15(14)20/h1-11H,(H,19,21)/b10-7+. The smallest absolute Gasteiger partial charge is 0.262 e. The van der Waals surface area contributed by atoms with Gasteiger partial charge in [0.15, 0.2) is 0 Å². The Bertz CT molecular complexity index is 806. The minimum atomic E-state index is -0.229. The van der Waals surface area contributed by atoms with Crippen molar-refractivity contribution in [2.75, 3.05) is 5.43 Å². The number of imidazole rings is 1. The number of aromatic nitrogens is 2. The Kier molecular flexibility index (Phi) is 3.71. The molecule has 0 aliphatic carbocycles. The number of carbonyl (C=O) groups is 1. The van der Waals surface area contributed by atoms with Gasteiger partial charge in [-0.15, -0.1) is 0 Å². The quantitative estimate of drug-likeness (QED) is 0.752. The van der Waals surface area contributed by atoms with Crippen molar-refractivity contribution in [3.63, 3.8) is 0 Å². The Labute approximate surface area is 126 Å². The molecule has 4 nitrogen and oxygen atoms in total. The second-order valence-electron chi connectivity index (χ2n) is 4.46. The SMILES string of the molecule is O=C(/C=C/c1ccc(Cl)cc1)Nn1cnc2ccccc21. The number of hydrogen-bond donors (Lipinski definition) is 1. The summed E-state index contributed by atoms with van der Waals surface area (Å²) in [7, 11) is 0. The van der Waals surface area contributed by atoms with Crippen molar-refractivity contribution in [3.05, 3.63) is 71.5 Å². The molecule has 0 unspecified atom stereocenters. The van der Waals surface area contributed by atoms with Crippen LogP contribution in [0, 0.1) is 0 Å². The molecule has 0 saturated carbocycles. The minimum Gasteiger partial charge on any atom is -0.268 e. The first-order valence-corrected chi connectivity index (χ1v) is 6.77. The number of para-hydroxylation sites is 2. The monoisotopic (exact) mass is 297 g/mol. The van der Waals surface area contributed by atoms with E-state index in [0.717, 1.165) is 16.6 Å². The van der Waals surface area contributed by atoms with E-state index in [1.165, 1.54) is 6.08 Å². The summed E-state index contributed by atoms with van der Waals surface area (Å²) in [4.78, 5) is 16.1. The van der Waals surface area contributed by atoms with Gasteiger partial charge in [-0.25, -0.2) is 9.66 Å². The number of rotatable bonds is 3. The molecule has 1 N–H and O–H groups in total.